The van der Waals surface area contributed by atoms with Gasteiger partial charge in [0.25, 0.3) is 0 Å². The van der Waals surface area contributed by atoms with Crippen molar-refractivity contribution in [2.24, 2.45) is 5.41 Å². The van der Waals surface area contributed by atoms with E-state index in [0.717, 1.165) is 44.1 Å². The second-order valence-corrected chi connectivity index (χ2v) is 19.9. The van der Waals surface area contributed by atoms with Crippen LogP contribution in [0.15, 0.2) is 89.4 Å². The molecule has 0 spiro atoms. The molecule has 14 nitrogen and oxygen atoms in total. The van der Waals surface area contributed by atoms with E-state index >= 15 is 0 Å². The number of amides is 3. The van der Waals surface area contributed by atoms with Gasteiger partial charge in [-0.05, 0) is 106 Å². The average Bonchev–Trinajstić information content (AvgIpc) is 4.15. The van der Waals surface area contributed by atoms with Crippen LogP contribution in [-0.4, -0.2) is 91.9 Å². The summed E-state index contributed by atoms with van der Waals surface area (Å²) in [5, 5.41) is 20.6. The highest BCUT2D eigenvalue weighted by Crippen LogP contribution is 2.40. The molecule has 1 aliphatic heterocycles. The highest BCUT2D eigenvalue weighted by Gasteiger charge is 2.45. The number of anilines is 2. The van der Waals surface area contributed by atoms with Crippen LogP contribution in [0.25, 0.3) is 27.3 Å². The van der Waals surface area contributed by atoms with Crippen LogP contribution in [0.3, 0.4) is 0 Å². The van der Waals surface area contributed by atoms with E-state index in [1.54, 1.807) is 22.9 Å². The lowest BCUT2D eigenvalue weighted by Crippen LogP contribution is -2.58. The first kappa shape index (κ1) is 51.5. The number of hydrogen-bond donors (Lipinski definition) is 3. The quantitative estimate of drug-likeness (QED) is 0.0706. The van der Waals surface area contributed by atoms with Crippen LogP contribution in [0.5, 0.6) is 0 Å². The van der Waals surface area contributed by atoms with E-state index < -0.39 is 53.1 Å². The van der Waals surface area contributed by atoms with E-state index in [2.05, 4.69) is 25.8 Å². The molecule has 3 N–H and O–H groups in total. The van der Waals surface area contributed by atoms with Crippen molar-refractivity contribution >= 4 is 40.4 Å². The van der Waals surface area contributed by atoms with Crippen molar-refractivity contribution in [2.75, 3.05) is 31.2 Å². The van der Waals surface area contributed by atoms with Crippen molar-refractivity contribution < 1.29 is 41.9 Å². The van der Waals surface area contributed by atoms with Gasteiger partial charge in [0.05, 0.1) is 51.5 Å². The van der Waals surface area contributed by atoms with Crippen LogP contribution in [0, 0.1) is 33.1 Å². The van der Waals surface area contributed by atoms with Crippen molar-refractivity contribution in [3.8, 4) is 27.3 Å². The standard InChI is InChI=1S/C52H61F3N8O6S/c1-31-12-13-38(46-33(3)60-69-35(46)5)24-43(31)62(39-18-19-42(61-22-20-56-29-61)41(25-39)52(53,54)55)21-10-9-11-23-68-28-45(65)59-48(51(6,7)8)50(67)63-27-40(64)26-44(63)49(66)58-32(2)36-14-16-37(17-15-36)47-34(4)57-30-70-47/h12-20,22,24-25,29-30,32,40,44,48,64H,9-11,21,23,26-28H2,1-8H3,(H,58,66)(H,59,65)/t32-,40+,44-,48+/m0/s1. The Bertz CT molecular complexity index is 2750. The zero-order chi connectivity index (χ0) is 50.5. The fraction of sp³-hybridized carbons (Fsp3) is 0.423. The molecule has 4 heterocycles. The van der Waals surface area contributed by atoms with Crippen LogP contribution < -0.4 is 15.5 Å². The Hall–Kier alpha value is -6.37. The van der Waals surface area contributed by atoms with Gasteiger partial charge in [0, 0.05) is 55.4 Å². The maximum absolute atomic E-state index is 14.7. The summed E-state index contributed by atoms with van der Waals surface area (Å²) < 4.78 is 56.5. The molecule has 3 aromatic carbocycles. The van der Waals surface area contributed by atoms with Gasteiger partial charge in [-0.15, -0.1) is 11.3 Å². The third-order valence-electron chi connectivity index (χ3n) is 12.7. The van der Waals surface area contributed by atoms with Crippen LogP contribution in [-0.2, 0) is 25.3 Å². The zero-order valence-corrected chi connectivity index (χ0v) is 41.6. The first-order valence-corrected chi connectivity index (χ1v) is 24.3. The van der Waals surface area contributed by atoms with Crippen LogP contribution >= 0.6 is 11.3 Å². The van der Waals surface area contributed by atoms with Crippen molar-refractivity contribution in [1.82, 2.24) is 35.2 Å². The topological polar surface area (TPSA) is 168 Å². The van der Waals surface area contributed by atoms with Gasteiger partial charge in [0.2, 0.25) is 17.7 Å². The first-order valence-electron chi connectivity index (χ1n) is 23.4. The molecule has 4 atom stereocenters. The molecule has 3 aromatic heterocycles. The number of nitrogens with zero attached hydrogens (tertiary/aromatic N) is 6. The molecule has 70 heavy (non-hydrogen) atoms. The van der Waals surface area contributed by atoms with Crippen LogP contribution in [0.4, 0.5) is 24.5 Å². The van der Waals surface area contributed by atoms with Gasteiger partial charge in [-0.1, -0.05) is 62.3 Å². The number of carbonyl (C=O) groups is 3. The summed E-state index contributed by atoms with van der Waals surface area (Å²) in [6, 6.07) is 15.6. The number of carbonyl (C=O) groups excluding carboxylic acids is 3. The number of alkyl halides is 3. The largest absolute Gasteiger partial charge is 0.418 e. The Morgan fingerprint density at radius 1 is 0.957 bits per heavy atom. The lowest BCUT2D eigenvalue weighted by molar-refractivity contribution is -0.144. The monoisotopic (exact) mass is 982 g/mol. The van der Waals surface area contributed by atoms with E-state index in [1.807, 2.05) is 103 Å². The lowest BCUT2D eigenvalue weighted by atomic mass is 9.85. The summed E-state index contributed by atoms with van der Waals surface area (Å²) in [7, 11) is 0. The number of rotatable bonds is 18. The minimum Gasteiger partial charge on any atom is -0.391 e. The van der Waals surface area contributed by atoms with Crippen molar-refractivity contribution in [3.63, 3.8) is 0 Å². The summed E-state index contributed by atoms with van der Waals surface area (Å²) in [6.45, 7) is 15.0. The predicted octanol–water partition coefficient (Wildman–Crippen LogP) is 9.60. The van der Waals surface area contributed by atoms with Gasteiger partial charge < -0.3 is 39.4 Å². The molecule has 6 aromatic rings. The number of aryl methyl sites for hydroxylation is 4. The molecule has 0 aliphatic carbocycles. The van der Waals surface area contributed by atoms with E-state index in [1.165, 1.54) is 40.3 Å². The number of aliphatic hydroxyl groups is 1. The Labute approximate surface area is 410 Å². The average molecular weight is 983 g/mol. The number of benzene rings is 3. The second kappa shape index (κ2) is 21.7. The van der Waals surface area contributed by atoms with Gasteiger partial charge in [-0.25, -0.2) is 9.97 Å². The third-order valence-corrected chi connectivity index (χ3v) is 13.6. The summed E-state index contributed by atoms with van der Waals surface area (Å²) in [5.41, 5.74) is 7.34. The summed E-state index contributed by atoms with van der Waals surface area (Å²) in [6.07, 6.45) is 0.469. The van der Waals surface area contributed by atoms with E-state index in [4.69, 9.17) is 9.26 Å². The zero-order valence-electron chi connectivity index (χ0n) is 40.8. The molecule has 1 aliphatic rings. The van der Waals surface area contributed by atoms with Crippen LogP contribution in [0.2, 0.25) is 0 Å². The molecular formula is C52H61F3N8O6S. The van der Waals surface area contributed by atoms with Gasteiger partial charge in [-0.3, -0.25) is 14.4 Å². The van der Waals surface area contributed by atoms with Crippen molar-refractivity contribution in [3.05, 3.63) is 119 Å². The Kier molecular flexibility index (Phi) is 16.0. The highest BCUT2D eigenvalue weighted by atomic mass is 32.1. The number of hydrogen-bond acceptors (Lipinski definition) is 11. The highest BCUT2D eigenvalue weighted by molar-refractivity contribution is 7.13. The normalized spacial score (nSPS) is 16.0. The van der Waals surface area contributed by atoms with Crippen molar-refractivity contribution in [1.29, 1.82) is 0 Å². The number of likely N-dealkylation sites (tertiary alicyclic amines) is 1. The number of nitrogens with one attached hydrogen (secondary N) is 2. The van der Waals surface area contributed by atoms with Gasteiger partial charge >= 0.3 is 6.18 Å². The number of aliphatic hydroxyl groups excluding tert-OH is 1. The molecule has 1 fully saturated rings. The Morgan fingerprint density at radius 3 is 2.34 bits per heavy atom. The van der Waals surface area contributed by atoms with E-state index in [-0.39, 0.29) is 37.9 Å². The third kappa shape index (κ3) is 12.0. The number of aromatic nitrogens is 4. The summed E-state index contributed by atoms with van der Waals surface area (Å²) in [5.74, 6) is -0.770. The van der Waals surface area contributed by atoms with Gasteiger partial charge in [0.1, 0.15) is 24.5 Å². The number of β-amino-alcohol motifs (C(OH)–C–C–N with tert-alkyl or cyclic N) is 1. The minimum absolute atomic E-state index is 0.0394. The molecular weight excluding hydrogens is 922 g/mol. The lowest BCUT2D eigenvalue weighted by Gasteiger charge is -2.35. The number of unbranched alkanes of at least 4 members (excludes halogenated alkanes) is 2. The molecule has 0 radical (unpaired) electrons. The van der Waals surface area contributed by atoms with Crippen molar-refractivity contribution in [2.45, 2.75) is 111 Å². The minimum atomic E-state index is -4.65. The number of imidazole rings is 1. The maximum Gasteiger partial charge on any atom is 0.418 e. The number of thiazole rings is 1. The summed E-state index contributed by atoms with van der Waals surface area (Å²) >= 11 is 1.56. The second-order valence-electron chi connectivity index (χ2n) is 19.0. The molecule has 1 saturated heterocycles. The fourth-order valence-electron chi connectivity index (χ4n) is 8.92. The van der Waals surface area contributed by atoms with Gasteiger partial charge in [0.15, 0.2) is 0 Å². The molecule has 18 heteroatoms. The Morgan fingerprint density at radius 2 is 1.70 bits per heavy atom. The first-order chi connectivity index (χ1) is 33.2. The molecule has 7 rings (SSSR count). The molecule has 0 unspecified atom stereocenters. The fourth-order valence-corrected chi connectivity index (χ4v) is 9.73. The smallest absolute Gasteiger partial charge is 0.391 e. The Balaban J connectivity index is 0.958. The molecule has 0 saturated carbocycles. The maximum atomic E-state index is 14.7. The predicted molar refractivity (Wildman–Crippen MR) is 263 cm³/mol. The number of halogens is 3. The van der Waals surface area contributed by atoms with Crippen LogP contribution in [0.1, 0.15) is 93.3 Å². The molecule has 372 valence electrons. The van der Waals surface area contributed by atoms with E-state index in [9.17, 15) is 32.7 Å². The van der Waals surface area contributed by atoms with Gasteiger partial charge in [-0.2, -0.15) is 13.2 Å². The summed E-state index contributed by atoms with van der Waals surface area (Å²) in [4.78, 5) is 53.9. The molecule has 3 amide bonds. The van der Waals surface area contributed by atoms with E-state index in [0.29, 0.717) is 42.9 Å². The number of ether oxygens (including phenoxy) is 1. The molecule has 0 bridgehead atoms. The SMILES string of the molecule is Cc1ccc(-c2c(C)noc2C)cc1N(CCCCCOCC(=O)N[C@H](C(=O)N1C[C@H](O)C[C@H]1C(=O)N[C@@H](C)c1ccc(-c2scnc2C)cc1)C(C)(C)C)c1ccc(-n2ccnc2)c(C(F)(F)F)c1.